The van der Waals surface area contributed by atoms with E-state index in [-0.39, 0.29) is 0 Å². The molecule has 4 heteroatoms. The SMILES string of the molecule is COc1ccc(Cl)cc1CCN1CCC(N)CC1. The normalized spacial score (nSPS) is 17.9. The summed E-state index contributed by atoms with van der Waals surface area (Å²) in [4.78, 5) is 2.46. The summed E-state index contributed by atoms with van der Waals surface area (Å²) in [7, 11) is 1.70. The first kappa shape index (κ1) is 13.7. The second kappa shape index (κ2) is 6.41. The van der Waals surface area contributed by atoms with E-state index in [1.165, 1.54) is 5.56 Å². The number of benzene rings is 1. The Morgan fingerprint density at radius 3 is 2.78 bits per heavy atom. The number of piperidine rings is 1. The summed E-state index contributed by atoms with van der Waals surface area (Å²) in [6.07, 6.45) is 3.18. The van der Waals surface area contributed by atoms with Crippen molar-refractivity contribution in [1.29, 1.82) is 0 Å². The predicted octanol–water partition coefficient (Wildman–Crippen LogP) is 2.31. The van der Waals surface area contributed by atoms with Gasteiger partial charge in [-0.25, -0.2) is 0 Å². The third-order valence-electron chi connectivity index (χ3n) is 3.57. The van der Waals surface area contributed by atoms with Crippen LogP contribution in [0.25, 0.3) is 0 Å². The van der Waals surface area contributed by atoms with Crippen LogP contribution in [0.1, 0.15) is 18.4 Å². The Labute approximate surface area is 114 Å². The van der Waals surface area contributed by atoms with Crippen molar-refractivity contribution in [1.82, 2.24) is 4.90 Å². The Balaban J connectivity index is 1.91. The van der Waals surface area contributed by atoms with Gasteiger partial charge in [-0.1, -0.05) is 11.6 Å². The Bertz CT molecular complexity index is 389. The third kappa shape index (κ3) is 3.61. The van der Waals surface area contributed by atoms with Crippen molar-refractivity contribution in [3.8, 4) is 5.75 Å². The summed E-state index contributed by atoms with van der Waals surface area (Å²) in [5.74, 6) is 0.924. The van der Waals surface area contributed by atoms with Crippen LogP contribution in [0.2, 0.25) is 5.02 Å². The van der Waals surface area contributed by atoms with E-state index in [1.807, 2.05) is 18.2 Å². The molecule has 100 valence electrons. The Hall–Kier alpha value is -0.770. The molecule has 0 amide bonds. The van der Waals surface area contributed by atoms with E-state index in [9.17, 15) is 0 Å². The van der Waals surface area contributed by atoms with Crippen LogP contribution in [0, 0.1) is 0 Å². The molecule has 0 atom stereocenters. The number of hydrogen-bond acceptors (Lipinski definition) is 3. The smallest absolute Gasteiger partial charge is 0.122 e. The Morgan fingerprint density at radius 2 is 2.11 bits per heavy atom. The minimum atomic E-state index is 0.391. The van der Waals surface area contributed by atoms with Gasteiger partial charge >= 0.3 is 0 Å². The van der Waals surface area contributed by atoms with E-state index in [0.29, 0.717) is 6.04 Å². The van der Waals surface area contributed by atoms with Crippen LogP contribution in [-0.4, -0.2) is 37.7 Å². The summed E-state index contributed by atoms with van der Waals surface area (Å²) in [6.45, 7) is 3.25. The van der Waals surface area contributed by atoms with Gasteiger partial charge in [0, 0.05) is 17.6 Å². The third-order valence-corrected chi connectivity index (χ3v) is 3.81. The van der Waals surface area contributed by atoms with Crippen LogP contribution in [0.4, 0.5) is 0 Å². The quantitative estimate of drug-likeness (QED) is 0.911. The lowest BCUT2D eigenvalue weighted by atomic mass is 10.0. The number of methoxy groups -OCH3 is 1. The summed E-state index contributed by atoms with van der Waals surface area (Å²) in [6, 6.07) is 6.19. The minimum absolute atomic E-state index is 0.391. The lowest BCUT2D eigenvalue weighted by molar-refractivity contribution is 0.215. The molecule has 1 aromatic rings. The van der Waals surface area contributed by atoms with Crippen molar-refractivity contribution >= 4 is 11.6 Å². The van der Waals surface area contributed by atoms with Crippen molar-refractivity contribution in [3.63, 3.8) is 0 Å². The highest BCUT2D eigenvalue weighted by atomic mass is 35.5. The topological polar surface area (TPSA) is 38.5 Å². The van der Waals surface area contributed by atoms with Crippen LogP contribution in [-0.2, 0) is 6.42 Å². The standard InChI is InChI=1S/C14H21ClN2O/c1-18-14-3-2-12(15)10-11(14)4-7-17-8-5-13(16)6-9-17/h2-3,10,13H,4-9,16H2,1H3. The number of rotatable bonds is 4. The van der Waals surface area contributed by atoms with Gasteiger partial charge in [0.1, 0.15) is 5.75 Å². The van der Waals surface area contributed by atoms with Crippen LogP contribution < -0.4 is 10.5 Å². The molecular formula is C14H21ClN2O. The van der Waals surface area contributed by atoms with Crippen molar-refractivity contribution in [2.24, 2.45) is 5.73 Å². The summed E-state index contributed by atoms with van der Waals surface area (Å²) in [5, 5.41) is 0.770. The molecule has 0 spiro atoms. The Morgan fingerprint density at radius 1 is 1.39 bits per heavy atom. The largest absolute Gasteiger partial charge is 0.496 e. The van der Waals surface area contributed by atoms with Gasteiger partial charge in [0.15, 0.2) is 0 Å². The summed E-state index contributed by atoms with van der Waals surface area (Å²) < 4.78 is 5.36. The fourth-order valence-corrected chi connectivity index (χ4v) is 2.59. The van der Waals surface area contributed by atoms with Gasteiger partial charge < -0.3 is 15.4 Å². The van der Waals surface area contributed by atoms with Gasteiger partial charge in [0.05, 0.1) is 7.11 Å². The van der Waals surface area contributed by atoms with E-state index in [4.69, 9.17) is 22.1 Å². The average molecular weight is 269 g/mol. The number of nitrogens with two attached hydrogens (primary N) is 1. The molecule has 1 saturated heterocycles. The Kier molecular flexibility index (Phi) is 4.87. The molecule has 1 fully saturated rings. The fraction of sp³-hybridized carbons (Fsp3) is 0.571. The maximum absolute atomic E-state index is 6.03. The van der Waals surface area contributed by atoms with E-state index >= 15 is 0 Å². The molecule has 18 heavy (non-hydrogen) atoms. The second-order valence-corrected chi connectivity index (χ2v) is 5.32. The zero-order valence-electron chi connectivity index (χ0n) is 10.9. The number of halogens is 1. The summed E-state index contributed by atoms with van der Waals surface area (Å²) in [5.41, 5.74) is 7.09. The highest BCUT2D eigenvalue weighted by molar-refractivity contribution is 6.30. The lowest BCUT2D eigenvalue weighted by Crippen LogP contribution is -2.40. The molecule has 0 unspecified atom stereocenters. The number of likely N-dealkylation sites (tertiary alicyclic amines) is 1. The van der Waals surface area contributed by atoms with Gasteiger partial charge in [0.25, 0.3) is 0 Å². The molecule has 0 bridgehead atoms. The lowest BCUT2D eigenvalue weighted by Gasteiger charge is -2.30. The molecule has 0 radical (unpaired) electrons. The maximum atomic E-state index is 6.03. The molecule has 1 heterocycles. The number of ether oxygens (including phenoxy) is 1. The predicted molar refractivity (Wildman–Crippen MR) is 75.4 cm³/mol. The molecule has 2 N–H and O–H groups in total. The van der Waals surface area contributed by atoms with Gasteiger partial charge in [0.2, 0.25) is 0 Å². The van der Waals surface area contributed by atoms with Crippen molar-refractivity contribution in [3.05, 3.63) is 28.8 Å². The van der Waals surface area contributed by atoms with Gasteiger partial charge in [-0.05, 0) is 56.1 Å². The van der Waals surface area contributed by atoms with E-state index in [1.54, 1.807) is 7.11 Å². The summed E-state index contributed by atoms with van der Waals surface area (Å²) >= 11 is 6.03. The van der Waals surface area contributed by atoms with Crippen molar-refractivity contribution in [2.45, 2.75) is 25.3 Å². The van der Waals surface area contributed by atoms with E-state index < -0.39 is 0 Å². The van der Waals surface area contributed by atoms with Gasteiger partial charge in [-0.15, -0.1) is 0 Å². The van der Waals surface area contributed by atoms with Crippen LogP contribution in [0.3, 0.4) is 0 Å². The first-order chi connectivity index (χ1) is 8.69. The molecule has 1 aliphatic rings. The first-order valence-electron chi connectivity index (χ1n) is 6.49. The van der Waals surface area contributed by atoms with Gasteiger partial charge in [-0.3, -0.25) is 0 Å². The molecule has 0 aromatic heterocycles. The van der Waals surface area contributed by atoms with Crippen molar-refractivity contribution in [2.75, 3.05) is 26.7 Å². The maximum Gasteiger partial charge on any atom is 0.122 e. The minimum Gasteiger partial charge on any atom is -0.496 e. The van der Waals surface area contributed by atoms with Crippen LogP contribution in [0.15, 0.2) is 18.2 Å². The number of nitrogens with zero attached hydrogens (tertiary/aromatic N) is 1. The zero-order valence-corrected chi connectivity index (χ0v) is 11.6. The van der Waals surface area contributed by atoms with E-state index in [2.05, 4.69) is 4.90 Å². The first-order valence-corrected chi connectivity index (χ1v) is 6.87. The highest BCUT2D eigenvalue weighted by Gasteiger charge is 2.16. The molecule has 3 nitrogen and oxygen atoms in total. The number of hydrogen-bond donors (Lipinski definition) is 1. The molecule has 0 aliphatic carbocycles. The molecule has 0 saturated carbocycles. The van der Waals surface area contributed by atoms with Gasteiger partial charge in [-0.2, -0.15) is 0 Å². The van der Waals surface area contributed by atoms with Crippen molar-refractivity contribution < 1.29 is 4.74 Å². The van der Waals surface area contributed by atoms with E-state index in [0.717, 1.165) is 49.7 Å². The zero-order chi connectivity index (χ0) is 13.0. The molecule has 1 aliphatic heterocycles. The van der Waals surface area contributed by atoms with Crippen LogP contribution >= 0.6 is 11.6 Å². The average Bonchev–Trinajstić information content (AvgIpc) is 2.38. The fourth-order valence-electron chi connectivity index (χ4n) is 2.40. The second-order valence-electron chi connectivity index (χ2n) is 4.89. The highest BCUT2D eigenvalue weighted by Crippen LogP contribution is 2.23. The molecule has 2 rings (SSSR count). The molecular weight excluding hydrogens is 248 g/mol. The molecule has 1 aromatic carbocycles. The van der Waals surface area contributed by atoms with Crippen LogP contribution in [0.5, 0.6) is 5.75 Å². The monoisotopic (exact) mass is 268 g/mol.